The van der Waals surface area contributed by atoms with Crippen molar-refractivity contribution < 1.29 is 4.79 Å². The highest BCUT2D eigenvalue weighted by atomic mass is 16.1. The van der Waals surface area contributed by atoms with E-state index < -0.39 is 0 Å². The molecule has 0 aromatic heterocycles. The average molecular weight is 227 g/mol. The molecule has 0 saturated heterocycles. The maximum Gasteiger partial charge on any atom is 0.221 e. The molecule has 1 saturated carbocycles. The summed E-state index contributed by atoms with van der Waals surface area (Å²) in [6.07, 6.45) is 5.22. The molecule has 0 heterocycles. The smallest absolute Gasteiger partial charge is 0.221 e. The van der Waals surface area contributed by atoms with Gasteiger partial charge in [0.1, 0.15) is 0 Å². The summed E-state index contributed by atoms with van der Waals surface area (Å²) in [5.74, 6) is 0.131. The van der Waals surface area contributed by atoms with Gasteiger partial charge in [0.15, 0.2) is 0 Å². The summed E-state index contributed by atoms with van der Waals surface area (Å²) in [7, 11) is 1.69. The molecule has 0 aliphatic heterocycles. The van der Waals surface area contributed by atoms with E-state index in [-0.39, 0.29) is 5.91 Å². The third kappa shape index (κ3) is 4.10. The van der Waals surface area contributed by atoms with Gasteiger partial charge in [-0.15, -0.1) is 0 Å². The second kappa shape index (κ2) is 6.86. The van der Waals surface area contributed by atoms with E-state index in [9.17, 15) is 4.79 Å². The molecular formula is C12H25N3O. The quantitative estimate of drug-likeness (QED) is 0.727. The van der Waals surface area contributed by atoms with Gasteiger partial charge in [0.05, 0.1) is 0 Å². The average Bonchev–Trinajstić information content (AvgIpc) is 2.31. The number of hydrogen-bond acceptors (Lipinski definition) is 3. The van der Waals surface area contributed by atoms with E-state index in [2.05, 4.69) is 17.1 Å². The molecule has 4 heteroatoms. The van der Waals surface area contributed by atoms with Crippen molar-refractivity contribution in [2.45, 2.75) is 51.1 Å². The summed E-state index contributed by atoms with van der Waals surface area (Å²) < 4.78 is 0. The Labute approximate surface area is 98.6 Å². The molecule has 1 fully saturated rings. The maximum atomic E-state index is 11.2. The van der Waals surface area contributed by atoms with Gasteiger partial charge in [-0.3, -0.25) is 4.79 Å². The minimum Gasteiger partial charge on any atom is -0.359 e. The standard InChI is InChI=1S/C12H25N3O/c1-3-15(9-8-12(16)14-2)11-6-4-10(13)5-7-11/h10-11H,3-9,13H2,1-2H3,(H,14,16). The van der Waals surface area contributed by atoms with E-state index in [4.69, 9.17) is 5.73 Å². The van der Waals surface area contributed by atoms with Crippen LogP contribution in [0.5, 0.6) is 0 Å². The van der Waals surface area contributed by atoms with Gasteiger partial charge in [-0.1, -0.05) is 6.92 Å². The van der Waals surface area contributed by atoms with E-state index in [1.807, 2.05) is 0 Å². The van der Waals surface area contributed by atoms with Gasteiger partial charge in [-0.25, -0.2) is 0 Å². The summed E-state index contributed by atoms with van der Waals surface area (Å²) >= 11 is 0. The second-order valence-electron chi connectivity index (χ2n) is 4.62. The lowest BCUT2D eigenvalue weighted by Crippen LogP contribution is -2.42. The third-order valence-corrected chi connectivity index (χ3v) is 3.57. The molecule has 0 aromatic rings. The largest absolute Gasteiger partial charge is 0.359 e. The molecule has 94 valence electrons. The van der Waals surface area contributed by atoms with Crippen LogP contribution in [0.2, 0.25) is 0 Å². The van der Waals surface area contributed by atoms with Crippen LogP contribution in [-0.2, 0) is 4.79 Å². The summed E-state index contributed by atoms with van der Waals surface area (Å²) in [6.45, 7) is 4.06. The number of amides is 1. The Hall–Kier alpha value is -0.610. The van der Waals surface area contributed by atoms with Crippen LogP contribution < -0.4 is 11.1 Å². The van der Waals surface area contributed by atoms with E-state index in [0.717, 1.165) is 25.9 Å². The molecule has 4 nitrogen and oxygen atoms in total. The van der Waals surface area contributed by atoms with Crippen molar-refractivity contribution in [3.8, 4) is 0 Å². The number of nitrogens with one attached hydrogen (secondary N) is 1. The SMILES string of the molecule is CCN(CCC(=O)NC)C1CCC(N)CC1. The van der Waals surface area contributed by atoms with Gasteiger partial charge in [-0.05, 0) is 32.2 Å². The molecule has 0 atom stereocenters. The first kappa shape index (κ1) is 13.5. The fourth-order valence-electron chi connectivity index (χ4n) is 2.44. The van der Waals surface area contributed by atoms with Crippen molar-refractivity contribution in [3.05, 3.63) is 0 Å². The highest BCUT2D eigenvalue weighted by molar-refractivity contribution is 5.75. The highest BCUT2D eigenvalue weighted by Gasteiger charge is 2.23. The fourth-order valence-corrected chi connectivity index (χ4v) is 2.44. The van der Waals surface area contributed by atoms with Gasteiger partial charge in [0.25, 0.3) is 0 Å². The first-order valence-corrected chi connectivity index (χ1v) is 6.37. The molecular weight excluding hydrogens is 202 g/mol. The van der Waals surface area contributed by atoms with Crippen molar-refractivity contribution >= 4 is 5.91 Å². The van der Waals surface area contributed by atoms with Crippen molar-refractivity contribution in [1.29, 1.82) is 0 Å². The Balaban J connectivity index is 2.32. The van der Waals surface area contributed by atoms with Crippen LogP contribution in [0, 0.1) is 0 Å². The van der Waals surface area contributed by atoms with Crippen molar-refractivity contribution in [1.82, 2.24) is 10.2 Å². The molecule has 3 N–H and O–H groups in total. The minimum atomic E-state index is 0.131. The summed E-state index contributed by atoms with van der Waals surface area (Å²) in [5, 5.41) is 2.67. The minimum absolute atomic E-state index is 0.131. The normalized spacial score (nSPS) is 25.8. The number of hydrogen-bond donors (Lipinski definition) is 2. The van der Waals surface area contributed by atoms with Crippen molar-refractivity contribution in [3.63, 3.8) is 0 Å². The lowest BCUT2D eigenvalue weighted by molar-refractivity contribution is -0.121. The lowest BCUT2D eigenvalue weighted by atomic mass is 9.90. The molecule has 1 rings (SSSR count). The van der Waals surface area contributed by atoms with Crippen molar-refractivity contribution in [2.24, 2.45) is 5.73 Å². The topological polar surface area (TPSA) is 58.4 Å². The number of nitrogens with zero attached hydrogens (tertiary/aromatic N) is 1. The number of carbonyl (C=O) groups excluding carboxylic acids is 1. The predicted octanol–water partition coefficient (Wildman–Crippen LogP) is 0.714. The lowest BCUT2D eigenvalue weighted by Gasteiger charge is -2.35. The van der Waals surface area contributed by atoms with Crippen LogP contribution in [-0.4, -0.2) is 43.0 Å². The van der Waals surface area contributed by atoms with E-state index in [0.29, 0.717) is 18.5 Å². The molecule has 0 aromatic carbocycles. The molecule has 0 radical (unpaired) electrons. The Kier molecular flexibility index (Phi) is 5.77. The van der Waals surface area contributed by atoms with Gasteiger partial charge < -0.3 is 16.0 Å². The zero-order valence-corrected chi connectivity index (χ0v) is 10.5. The van der Waals surface area contributed by atoms with Crippen molar-refractivity contribution in [2.75, 3.05) is 20.1 Å². The van der Waals surface area contributed by atoms with E-state index >= 15 is 0 Å². The third-order valence-electron chi connectivity index (χ3n) is 3.57. The van der Waals surface area contributed by atoms with E-state index in [1.54, 1.807) is 7.05 Å². The number of nitrogens with two attached hydrogens (primary N) is 1. The van der Waals surface area contributed by atoms with Gasteiger partial charge in [-0.2, -0.15) is 0 Å². The summed E-state index contributed by atoms with van der Waals surface area (Å²) in [4.78, 5) is 13.6. The monoisotopic (exact) mass is 227 g/mol. The Bertz CT molecular complexity index is 212. The van der Waals surface area contributed by atoms with E-state index in [1.165, 1.54) is 12.8 Å². The number of rotatable bonds is 5. The number of carbonyl (C=O) groups is 1. The molecule has 16 heavy (non-hydrogen) atoms. The Morgan fingerprint density at radius 3 is 2.50 bits per heavy atom. The molecule has 1 aliphatic rings. The first-order chi connectivity index (χ1) is 7.67. The summed E-state index contributed by atoms with van der Waals surface area (Å²) in [5.41, 5.74) is 5.90. The molecule has 0 unspecified atom stereocenters. The van der Waals surface area contributed by atoms with Crippen LogP contribution in [0.25, 0.3) is 0 Å². The maximum absolute atomic E-state index is 11.2. The summed E-state index contributed by atoms with van der Waals surface area (Å²) in [6, 6.07) is 1.03. The molecule has 0 bridgehead atoms. The van der Waals surface area contributed by atoms with Crippen LogP contribution >= 0.6 is 0 Å². The molecule has 0 spiro atoms. The van der Waals surface area contributed by atoms with Gasteiger partial charge in [0, 0.05) is 32.1 Å². The highest BCUT2D eigenvalue weighted by Crippen LogP contribution is 2.21. The Morgan fingerprint density at radius 2 is 2.00 bits per heavy atom. The zero-order chi connectivity index (χ0) is 12.0. The van der Waals surface area contributed by atoms with Crippen LogP contribution in [0.15, 0.2) is 0 Å². The first-order valence-electron chi connectivity index (χ1n) is 6.37. The fraction of sp³-hybridized carbons (Fsp3) is 0.917. The Morgan fingerprint density at radius 1 is 1.38 bits per heavy atom. The van der Waals surface area contributed by atoms with Gasteiger partial charge in [0.2, 0.25) is 5.91 Å². The predicted molar refractivity (Wildman–Crippen MR) is 66.2 cm³/mol. The second-order valence-corrected chi connectivity index (χ2v) is 4.62. The van der Waals surface area contributed by atoms with Crippen LogP contribution in [0.1, 0.15) is 39.0 Å². The van der Waals surface area contributed by atoms with Gasteiger partial charge >= 0.3 is 0 Å². The van der Waals surface area contributed by atoms with Crippen LogP contribution in [0.3, 0.4) is 0 Å². The molecule has 1 aliphatic carbocycles. The van der Waals surface area contributed by atoms with Crippen LogP contribution in [0.4, 0.5) is 0 Å². The zero-order valence-electron chi connectivity index (χ0n) is 10.5. The molecule has 1 amide bonds.